The van der Waals surface area contributed by atoms with Gasteiger partial charge in [0.1, 0.15) is 11.6 Å². The summed E-state index contributed by atoms with van der Waals surface area (Å²) in [6, 6.07) is 3.21. The summed E-state index contributed by atoms with van der Waals surface area (Å²) in [5.41, 5.74) is 3.97. The number of alkyl halides is 3. The van der Waals surface area contributed by atoms with Crippen LogP contribution in [0.25, 0.3) is 0 Å². The van der Waals surface area contributed by atoms with Crippen LogP contribution in [-0.2, 0) is 16.1 Å². The van der Waals surface area contributed by atoms with E-state index in [0.717, 1.165) is 4.90 Å². The molecule has 3 N–H and O–H groups in total. The summed E-state index contributed by atoms with van der Waals surface area (Å²) in [7, 11) is 0. The second-order valence-electron chi connectivity index (χ2n) is 8.09. The minimum atomic E-state index is -4.50. The van der Waals surface area contributed by atoms with Crippen LogP contribution in [-0.4, -0.2) is 64.3 Å². The summed E-state index contributed by atoms with van der Waals surface area (Å²) in [6.07, 6.45) is -4.21. The second-order valence-corrected chi connectivity index (χ2v) is 8.09. The Morgan fingerprint density at radius 2 is 1.84 bits per heavy atom. The highest BCUT2D eigenvalue weighted by Gasteiger charge is 2.59. The minimum absolute atomic E-state index is 0.00261. The lowest BCUT2D eigenvalue weighted by atomic mass is 9.94. The average Bonchev–Trinajstić information content (AvgIpc) is 3.22. The van der Waals surface area contributed by atoms with E-state index < -0.39 is 47.9 Å². The number of nitrogens with one attached hydrogen (secondary N) is 1. The molecule has 4 amide bonds. The van der Waals surface area contributed by atoms with E-state index >= 15 is 0 Å². The standard InChI is InChI=1S/C20H21F3N4O4/c21-20(22,23)19(10-24)6-1-7-26(19)9-11-2-3-12-13(8-11)18(31)27(17(12)30)14-4-5-15(28)25-16(14)29/h2-3,8,14H,1,4-7,9-10,24H2,(H,25,28,29). The molecular formula is C20H21F3N4O4. The topological polar surface area (TPSA) is 113 Å². The Morgan fingerprint density at radius 1 is 1.13 bits per heavy atom. The number of piperidine rings is 1. The Bertz CT molecular complexity index is 980. The third-order valence-electron chi connectivity index (χ3n) is 6.37. The fraction of sp³-hybridized carbons (Fsp3) is 0.500. The van der Waals surface area contributed by atoms with E-state index in [1.165, 1.54) is 23.1 Å². The molecule has 2 unspecified atom stereocenters. The maximum atomic E-state index is 13.7. The molecule has 0 aliphatic carbocycles. The molecule has 0 saturated carbocycles. The van der Waals surface area contributed by atoms with Gasteiger partial charge in [0, 0.05) is 19.5 Å². The molecule has 31 heavy (non-hydrogen) atoms. The molecule has 3 heterocycles. The van der Waals surface area contributed by atoms with Gasteiger partial charge in [-0.2, -0.15) is 13.2 Å². The lowest BCUT2D eigenvalue weighted by Crippen LogP contribution is -2.59. The van der Waals surface area contributed by atoms with Crippen molar-refractivity contribution in [2.24, 2.45) is 5.73 Å². The van der Waals surface area contributed by atoms with Crippen LogP contribution in [0, 0.1) is 0 Å². The van der Waals surface area contributed by atoms with Crippen molar-refractivity contribution in [1.29, 1.82) is 0 Å². The molecule has 2 saturated heterocycles. The summed E-state index contributed by atoms with van der Waals surface area (Å²) < 4.78 is 41.2. The number of carbonyl (C=O) groups excluding carboxylic acids is 4. The van der Waals surface area contributed by atoms with Gasteiger partial charge in [0.15, 0.2) is 0 Å². The van der Waals surface area contributed by atoms with Crippen molar-refractivity contribution in [3.05, 3.63) is 34.9 Å². The summed E-state index contributed by atoms with van der Waals surface area (Å²) >= 11 is 0. The number of fused-ring (bicyclic) bond motifs is 1. The minimum Gasteiger partial charge on any atom is -0.328 e. The molecule has 1 aromatic rings. The molecule has 8 nitrogen and oxygen atoms in total. The average molecular weight is 438 g/mol. The highest BCUT2D eigenvalue weighted by atomic mass is 19.4. The van der Waals surface area contributed by atoms with Gasteiger partial charge in [-0.3, -0.25) is 34.3 Å². The molecule has 0 bridgehead atoms. The normalized spacial score (nSPS) is 27.1. The fourth-order valence-electron chi connectivity index (χ4n) is 4.67. The van der Waals surface area contributed by atoms with Crippen LogP contribution in [0.1, 0.15) is 52.0 Å². The molecule has 2 atom stereocenters. The number of halogens is 3. The van der Waals surface area contributed by atoms with E-state index in [0.29, 0.717) is 12.0 Å². The Labute approximate surface area is 175 Å². The first-order valence-electron chi connectivity index (χ1n) is 9.95. The predicted octanol–water partition coefficient (Wildman–Crippen LogP) is 0.943. The number of rotatable bonds is 4. The first kappa shape index (κ1) is 21.4. The number of nitrogens with two attached hydrogens (primary N) is 1. The number of carbonyl (C=O) groups is 4. The number of benzene rings is 1. The molecule has 0 radical (unpaired) electrons. The monoisotopic (exact) mass is 438 g/mol. The molecule has 1 aromatic carbocycles. The van der Waals surface area contributed by atoms with Gasteiger partial charge in [-0.05, 0) is 43.5 Å². The third-order valence-corrected chi connectivity index (χ3v) is 6.37. The molecule has 0 aromatic heterocycles. The van der Waals surface area contributed by atoms with E-state index in [-0.39, 0.29) is 43.5 Å². The van der Waals surface area contributed by atoms with E-state index in [4.69, 9.17) is 5.73 Å². The van der Waals surface area contributed by atoms with Crippen molar-refractivity contribution in [3.8, 4) is 0 Å². The zero-order valence-electron chi connectivity index (χ0n) is 16.5. The first-order chi connectivity index (χ1) is 14.6. The molecule has 3 aliphatic heterocycles. The molecule has 4 rings (SSSR count). The fourth-order valence-corrected chi connectivity index (χ4v) is 4.67. The van der Waals surface area contributed by atoms with Crippen molar-refractivity contribution in [2.75, 3.05) is 13.1 Å². The zero-order chi connectivity index (χ0) is 22.6. The Balaban J connectivity index is 1.59. The van der Waals surface area contributed by atoms with Crippen molar-refractivity contribution in [1.82, 2.24) is 15.1 Å². The van der Waals surface area contributed by atoms with E-state index in [1.807, 2.05) is 0 Å². The number of hydrogen-bond donors (Lipinski definition) is 2. The SMILES string of the molecule is NCC1(C(F)(F)F)CCCN1Cc1ccc2c(c1)C(=O)N(C1CCC(=O)NC1=O)C2=O. The summed E-state index contributed by atoms with van der Waals surface area (Å²) in [5.74, 6) is -2.55. The van der Waals surface area contributed by atoms with Gasteiger partial charge in [-0.1, -0.05) is 6.07 Å². The van der Waals surface area contributed by atoms with Crippen LogP contribution in [0.15, 0.2) is 18.2 Å². The number of hydrogen-bond acceptors (Lipinski definition) is 6. The van der Waals surface area contributed by atoms with Gasteiger partial charge in [0.05, 0.1) is 11.1 Å². The smallest absolute Gasteiger partial charge is 0.328 e. The van der Waals surface area contributed by atoms with Gasteiger partial charge in [0.25, 0.3) is 11.8 Å². The quantitative estimate of drug-likeness (QED) is 0.677. The maximum absolute atomic E-state index is 13.7. The predicted molar refractivity (Wildman–Crippen MR) is 101 cm³/mol. The number of imide groups is 2. The number of nitrogens with zero attached hydrogens (tertiary/aromatic N) is 2. The summed E-state index contributed by atoms with van der Waals surface area (Å²) in [5, 5.41) is 2.11. The number of likely N-dealkylation sites (tertiary alicyclic amines) is 1. The maximum Gasteiger partial charge on any atom is 0.408 e. The molecule has 0 spiro atoms. The van der Waals surface area contributed by atoms with Gasteiger partial charge in [-0.25, -0.2) is 0 Å². The van der Waals surface area contributed by atoms with Crippen molar-refractivity contribution in [3.63, 3.8) is 0 Å². The summed E-state index contributed by atoms with van der Waals surface area (Å²) in [4.78, 5) is 51.2. The van der Waals surface area contributed by atoms with Gasteiger partial charge >= 0.3 is 6.18 Å². The zero-order valence-corrected chi connectivity index (χ0v) is 16.5. The largest absolute Gasteiger partial charge is 0.408 e. The van der Waals surface area contributed by atoms with Crippen LogP contribution in [0.4, 0.5) is 13.2 Å². The van der Waals surface area contributed by atoms with E-state index in [9.17, 15) is 32.3 Å². The number of amides is 4. The van der Waals surface area contributed by atoms with Crippen LogP contribution in [0.2, 0.25) is 0 Å². The Morgan fingerprint density at radius 3 is 2.48 bits per heavy atom. The lowest BCUT2D eigenvalue weighted by Gasteiger charge is -2.39. The lowest BCUT2D eigenvalue weighted by molar-refractivity contribution is -0.221. The first-order valence-corrected chi connectivity index (χ1v) is 9.95. The summed E-state index contributed by atoms with van der Waals surface area (Å²) in [6.45, 7) is -0.435. The second kappa shape index (κ2) is 7.41. The van der Waals surface area contributed by atoms with Crippen molar-refractivity contribution < 1.29 is 32.3 Å². The van der Waals surface area contributed by atoms with Crippen LogP contribution in [0.3, 0.4) is 0 Å². The molecular weight excluding hydrogens is 417 g/mol. The Kier molecular flexibility index (Phi) is 5.13. The van der Waals surface area contributed by atoms with Gasteiger partial charge in [-0.15, -0.1) is 0 Å². The van der Waals surface area contributed by atoms with Gasteiger partial charge < -0.3 is 5.73 Å². The van der Waals surface area contributed by atoms with Crippen LogP contribution < -0.4 is 11.1 Å². The van der Waals surface area contributed by atoms with Gasteiger partial charge in [0.2, 0.25) is 11.8 Å². The van der Waals surface area contributed by atoms with Crippen LogP contribution in [0.5, 0.6) is 0 Å². The highest BCUT2D eigenvalue weighted by Crippen LogP contribution is 2.43. The molecule has 11 heteroatoms. The van der Waals surface area contributed by atoms with E-state index in [2.05, 4.69) is 5.32 Å². The van der Waals surface area contributed by atoms with Crippen molar-refractivity contribution >= 4 is 23.6 Å². The Hall–Kier alpha value is -2.79. The molecule has 166 valence electrons. The molecule has 2 fully saturated rings. The van der Waals surface area contributed by atoms with Crippen molar-refractivity contribution in [2.45, 2.75) is 50.0 Å². The highest BCUT2D eigenvalue weighted by molar-refractivity contribution is 6.23. The van der Waals surface area contributed by atoms with E-state index in [1.54, 1.807) is 0 Å². The molecule has 3 aliphatic rings. The van der Waals surface area contributed by atoms with Crippen LogP contribution >= 0.6 is 0 Å². The third kappa shape index (κ3) is 3.32.